The lowest BCUT2D eigenvalue weighted by molar-refractivity contribution is -0.385. The molecule has 6 nitrogen and oxygen atoms in total. The molecule has 1 atom stereocenters. The summed E-state index contributed by atoms with van der Waals surface area (Å²) in [5.74, 6) is -0.283. The van der Waals surface area contributed by atoms with Crippen molar-refractivity contribution in [2.75, 3.05) is 13.1 Å². The Morgan fingerprint density at radius 1 is 1.55 bits per heavy atom. The molecule has 0 aromatic heterocycles. The summed E-state index contributed by atoms with van der Waals surface area (Å²) in [6, 6.07) is 6.56. The van der Waals surface area contributed by atoms with Crippen molar-refractivity contribution in [1.82, 2.24) is 4.90 Å². The summed E-state index contributed by atoms with van der Waals surface area (Å²) in [5, 5.41) is 19.7. The lowest BCUT2D eigenvalue weighted by Crippen LogP contribution is -2.39. The Morgan fingerprint density at radius 3 is 2.90 bits per heavy atom. The van der Waals surface area contributed by atoms with Crippen molar-refractivity contribution in [3.05, 3.63) is 39.4 Å². The number of likely N-dealkylation sites (tertiary alicyclic amines) is 1. The van der Waals surface area contributed by atoms with Gasteiger partial charge in [-0.3, -0.25) is 14.9 Å². The number of amides is 1. The maximum atomic E-state index is 12.3. The van der Waals surface area contributed by atoms with Crippen molar-refractivity contribution in [2.24, 2.45) is 5.92 Å². The Bertz CT molecular complexity index is 592. The van der Waals surface area contributed by atoms with E-state index >= 15 is 0 Å². The SMILES string of the molecule is Cc1cc(C(=O)N2CCCC(C#N)C2)ccc1[N+](=O)[O-]. The molecular weight excluding hydrogens is 258 g/mol. The van der Waals surface area contributed by atoms with E-state index in [9.17, 15) is 14.9 Å². The minimum Gasteiger partial charge on any atom is -0.337 e. The Kier molecular flexibility index (Phi) is 3.99. The maximum absolute atomic E-state index is 12.3. The number of carbonyl (C=O) groups is 1. The lowest BCUT2D eigenvalue weighted by atomic mass is 9.98. The molecule has 1 aliphatic heterocycles. The Hall–Kier alpha value is -2.42. The highest BCUT2D eigenvalue weighted by Gasteiger charge is 2.25. The van der Waals surface area contributed by atoms with Gasteiger partial charge in [0.15, 0.2) is 0 Å². The molecule has 6 heteroatoms. The van der Waals surface area contributed by atoms with Crippen LogP contribution in [0.4, 0.5) is 5.69 Å². The first-order valence-corrected chi connectivity index (χ1v) is 6.47. The first-order chi connectivity index (χ1) is 9.52. The van der Waals surface area contributed by atoms with Crippen LogP contribution in [0.15, 0.2) is 18.2 Å². The van der Waals surface area contributed by atoms with Crippen LogP contribution >= 0.6 is 0 Å². The molecule has 0 aliphatic carbocycles. The smallest absolute Gasteiger partial charge is 0.272 e. The fourth-order valence-corrected chi connectivity index (χ4v) is 2.44. The average Bonchev–Trinajstić information content (AvgIpc) is 2.46. The predicted octanol–water partition coefficient (Wildman–Crippen LogP) is 2.28. The van der Waals surface area contributed by atoms with Crippen LogP contribution < -0.4 is 0 Å². The molecule has 1 aromatic carbocycles. The average molecular weight is 273 g/mol. The highest BCUT2D eigenvalue weighted by atomic mass is 16.6. The van der Waals surface area contributed by atoms with Gasteiger partial charge >= 0.3 is 0 Å². The van der Waals surface area contributed by atoms with Gasteiger partial charge in [0, 0.05) is 30.3 Å². The second-order valence-electron chi connectivity index (χ2n) is 4.98. The zero-order chi connectivity index (χ0) is 14.7. The van der Waals surface area contributed by atoms with E-state index in [0.717, 1.165) is 12.8 Å². The standard InChI is InChI=1S/C14H15N3O3/c1-10-7-12(4-5-13(10)17(19)20)14(18)16-6-2-3-11(8-15)9-16/h4-5,7,11H,2-3,6,9H2,1H3. The van der Waals surface area contributed by atoms with Crippen molar-refractivity contribution in [3.8, 4) is 6.07 Å². The monoisotopic (exact) mass is 273 g/mol. The molecule has 20 heavy (non-hydrogen) atoms. The van der Waals surface area contributed by atoms with E-state index < -0.39 is 4.92 Å². The van der Waals surface area contributed by atoms with E-state index in [4.69, 9.17) is 5.26 Å². The quantitative estimate of drug-likeness (QED) is 0.611. The minimum absolute atomic E-state index is 0.00935. The van der Waals surface area contributed by atoms with Crippen molar-refractivity contribution < 1.29 is 9.72 Å². The molecular formula is C14H15N3O3. The Morgan fingerprint density at radius 2 is 2.30 bits per heavy atom. The molecule has 1 aromatic rings. The molecule has 0 saturated carbocycles. The zero-order valence-corrected chi connectivity index (χ0v) is 11.2. The van der Waals surface area contributed by atoms with E-state index in [1.807, 2.05) is 0 Å². The summed E-state index contributed by atoms with van der Waals surface area (Å²) in [5.41, 5.74) is 0.913. The normalized spacial score (nSPS) is 18.4. The second kappa shape index (κ2) is 5.70. The summed E-state index contributed by atoms with van der Waals surface area (Å²) in [6.45, 7) is 2.68. The van der Waals surface area contributed by atoms with Crippen LogP contribution in [-0.4, -0.2) is 28.8 Å². The minimum atomic E-state index is -0.462. The summed E-state index contributed by atoms with van der Waals surface area (Å²) >= 11 is 0. The molecule has 0 bridgehead atoms. The number of aryl methyl sites for hydroxylation is 1. The molecule has 0 N–H and O–H groups in total. The number of nitro benzene ring substituents is 1. The molecule has 104 valence electrons. The number of piperidine rings is 1. The zero-order valence-electron chi connectivity index (χ0n) is 11.2. The topological polar surface area (TPSA) is 87.2 Å². The van der Waals surface area contributed by atoms with Crippen LogP contribution in [-0.2, 0) is 0 Å². The van der Waals surface area contributed by atoms with E-state index in [1.54, 1.807) is 11.8 Å². The van der Waals surface area contributed by atoms with Gasteiger partial charge in [-0.2, -0.15) is 5.26 Å². The van der Waals surface area contributed by atoms with Gasteiger partial charge in [-0.05, 0) is 31.9 Å². The van der Waals surface area contributed by atoms with Crippen molar-refractivity contribution >= 4 is 11.6 Å². The highest BCUT2D eigenvalue weighted by molar-refractivity contribution is 5.94. The van der Waals surface area contributed by atoms with Crippen LogP contribution in [0.25, 0.3) is 0 Å². The predicted molar refractivity (Wildman–Crippen MR) is 72.1 cm³/mol. The third-order valence-electron chi connectivity index (χ3n) is 3.53. The number of nitriles is 1. The summed E-state index contributed by atoms with van der Waals surface area (Å²) in [7, 11) is 0. The summed E-state index contributed by atoms with van der Waals surface area (Å²) in [6.07, 6.45) is 1.63. The van der Waals surface area contributed by atoms with Crippen LogP contribution in [0.1, 0.15) is 28.8 Å². The van der Waals surface area contributed by atoms with Gasteiger partial charge in [0.2, 0.25) is 0 Å². The summed E-state index contributed by atoms with van der Waals surface area (Å²) < 4.78 is 0. The third kappa shape index (κ3) is 2.77. The van der Waals surface area contributed by atoms with Crippen LogP contribution in [0.5, 0.6) is 0 Å². The molecule has 1 saturated heterocycles. The molecule has 2 rings (SSSR count). The number of hydrogen-bond acceptors (Lipinski definition) is 4. The van der Waals surface area contributed by atoms with Gasteiger partial charge in [0.25, 0.3) is 11.6 Å². The van der Waals surface area contributed by atoms with E-state index in [1.165, 1.54) is 18.2 Å². The second-order valence-corrected chi connectivity index (χ2v) is 4.98. The lowest BCUT2D eigenvalue weighted by Gasteiger charge is -2.29. The van der Waals surface area contributed by atoms with Crippen LogP contribution in [0.3, 0.4) is 0 Å². The van der Waals surface area contributed by atoms with Gasteiger partial charge in [-0.25, -0.2) is 0 Å². The number of rotatable bonds is 2. The number of hydrogen-bond donors (Lipinski definition) is 0. The molecule has 1 unspecified atom stereocenters. The first-order valence-electron chi connectivity index (χ1n) is 6.47. The summed E-state index contributed by atoms with van der Waals surface area (Å²) in [4.78, 5) is 24.3. The largest absolute Gasteiger partial charge is 0.337 e. The molecule has 1 aliphatic rings. The number of benzene rings is 1. The molecule has 1 heterocycles. The van der Waals surface area contributed by atoms with E-state index in [0.29, 0.717) is 24.2 Å². The molecule has 1 amide bonds. The van der Waals surface area contributed by atoms with Crippen molar-refractivity contribution in [2.45, 2.75) is 19.8 Å². The number of carbonyl (C=O) groups excluding carboxylic acids is 1. The van der Waals surface area contributed by atoms with Gasteiger partial charge in [0.1, 0.15) is 0 Å². The fraction of sp³-hybridized carbons (Fsp3) is 0.429. The van der Waals surface area contributed by atoms with E-state index in [-0.39, 0.29) is 17.5 Å². The third-order valence-corrected chi connectivity index (χ3v) is 3.53. The van der Waals surface area contributed by atoms with Crippen molar-refractivity contribution in [1.29, 1.82) is 5.26 Å². The number of nitro groups is 1. The highest BCUT2D eigenvalue weighted by Crippen LogP contribution is 2.22. The van der Waals surface area contributed by atoms with Crippen LogP contribution in [0, 0.1) is 34.3 Å². The van der Waals surface area contributed by atoms with Gasteiger partial charge in [-0.15, -0.1) is 0 Å². The van der Waals surface area contributed by atoms with Gasteiger partial charge in [-0.1, -0.05) is 0 Å². The molecule has 0 radical (unpaired) electrons. The van der Waals surface area contributed by atoms with E-state index in [2.05, 4.69) is 6.07 Å². The molecule has 0 spiro atoms. The fourth-order valence-electron chi connectivity index (χ4n) is 2.44. The molecule has 1 fully saturated rings. The number of nitrogens with zero attached hydrogens (tertiary/aromatic N) is 3. The Balaban J connectivity index is 2.19. The van der Waals surface area contributed by atoms with Crippen molar-refractivity contribution in [3.63, 3.8) is 0 Å². The van der Waals surface area contributed by atoms with Gasteiger partial charge in [0.05, 0.1) is 16.9 Å². The maximum Gasteiger partial charge on any atom is 0.272 e. The van der Waals surface area contributed by atoms with Crippen LogP contribution in [0.2, 0.25) is 0 Å². The Labute approximate surface area is 116 Å². The van der Waals surface area contributed by atoms with Gasteiger partial charge < -0.3 is 4.90 Å². The first kappa shape index (κ1) is 14.0.